The van der Waals surface area contributed by atoms with Gasteiger partial charge in [-0.15, -0.1) is 0 Å². The van der Waals surface area contributed by atoms with Crippen LogP contribution in [0.4, 0.5) is 5.69 Å². The second-order valence-corrected chi connectivity index (χ2v) is 5.77. The molecular formula is C17H13Cl2N3. The van der Waals surface area contributed by atoms with Crippen molar-refractivity contribution in [2.75, 3.05) is 0 Å². The SMILES string of the molecule is CC(N)=Nc1ccc2nc(-c3ccc(Cl)c(Cl)c3)ccc2c1. The minimum Gasteiger partial charge on any atom is -0.387 e. The van der Waals surface area contributed by atoms with Crippen LogP contribution in [0, 0.1) is 0 Å². The van der Waals surface area contributed by atoms with E-state index in [1.807, 2.05) is 42.5 Å². The van der Waals surface area contributed by atoms with Crippen molar-refractivity contribution in [3.8, 4) is 11.3 Å². The molecule has 5 heteroatoms. The van der Waals surface area contributed by atoms with Crippen LogP contribution in [0.5, 0.6) is 0 Å². The zero-order valence-corrected chi connectivity index (χ0v) is 13.4. The van der Waals surface area contributed by atoms with Crippen LogP contribution in [0.2, 0.25) is 10.0 Å². The van der Waals surface area contributed by atoms with E-state index in [2.05, 4.69) is 9.98 Å². The summed E-state index contributed by atoms with van der Waals surface area (Å²) >= 11 is 12.0. The molecular weight excluding hydrogens is 317 g/mol. The van der Waals surface area contributed by atoms with Gasteiger partial charge in [0.05, 0.1) is 32.8 Å². The Morgan fingerprint density at radius 1 is 1.00 bits per heavy atom. The zero-order chi connectivity index (χ0) is 15.7. The van der Waals surface area contributed by atoms with E-state index in [0.717, 1.165) is 27.8 Å². The minimum absolute atomic E-state index is 0.518. The summed E-state index contributed by atoms with van der Waals surface area (Å²) in [5, 5.41) is 2.06. The number of rotatable bonds is 2. The number of fused-ring (bicyclic) bond motifs is 1. The van der Waals surface area contributed by atoms with Crippen LogP contribution < -0.4 is 5.73 Å². The summed E-state index contributed by atoms with van der Waals surface area (Å²) in [6.07, 6.45) is 0. The number of benzene rings is 2. The van der Waals surface area contributed by atoms with Gasteiger partial charge in [0.2, 0.25) is 0 Å². The molecule has 1 aromatic heterocycles. The predicted octanol–water partition coefficient (Wildman–Crippen LogP) is 5.22. The molecule has 3 nitrogen and oxygen atoms in total. The van der Waals surface area contributed by atoms with Gasteiger partial charge in [0.15, 0.2) is 0 Å². The highest BCUT2D eigenvalue weighted by Crippen LogP contribution is 2.29. The van der Waals surface area contributed by atoms with E-state index in [9.17, 15) is 0 Å². The van der Waals surface area contributed by atoms with Crippen LogP contribution >= 0.6 is 23.2 Å². The van der Waals surface area contributed by atoms with Crippen molar-refractivity contribution >= 4 is 45.6 Å². The summed E-state index contributed by atoms with van der Waals surface area (Å²) in [5.74, 6) is 0.528. The van der Waals surface area contributed by atoms with Gasteiger partial charge >= 0.3 is 0 Å². The fourth-order valence-electron chi connectivity index (χ4n) is 2.20. The van der Waals surface area contributed by atoms with Gasteiger partial charge in [-0.2, -0.15) is 0 Å². The summed E-state index contributed by atoms with van der Waals surface area (Å²) < 4.78 is 0. The molecule has 1 heterocycles. The molecule has 0 fully saturated rings. The number of pyridine rings is 1. The summed E-state index contributed by atoms with van der Waals surface area (Å²) in [6.45, 7) is 1.76. The second kappa shape index (κ2) is 5.95. The molecule has 22 heavy (non-hydrogen) atoms. The average molecular weight is 330 g/mol. The lowest BCUT2D eigenvalue weighted by Gasteiger charge is -2.05. The van der Waals surface area contributed by atoms with Crippen molar-refractivity contribution in [1.29, 1.82) is 0 Å². The van der Waals surface area contributed by atoms with Crippen molar-refractivity contribution in [1.82, 2.24) is 4.98 Å². The van der Waals surface area contributed by atoms with E-state index in [0.29, 0.717) is 15.9 Å². The molecule has 3 rings (SSSR count). The first-order valence-electron chi connectivity index (χ1n) is 6.70. The van der Waals surface area contributed by atoms with Gasteiger partial charge in [0, 0.05) is 10.9 Å². The van der Waals surface area contributed by atoms with Crippen molar-refractivity contribution in [2.24, 2.45) is 10.7 Å². The standard InChI is InChI=1S/C17H13Cl2N3/c1-10(20)21-13-4-7-17-11(8-13)3-6-16(22-17)12-2-5-14(18)15(19)9-12/h2-9H,1H3,(H2,20,21). The van der Waals surface area contributed by atoms with Gasteiger partial charge in [-0.3, -0.25) is 0 Å². The summed E-state index contributed by atoms with van der Waals surface area (Å²) in [7, 11) is 0. The molecule has 0 amide bonds. The maximum Gasteiger partial charge on any atom is 0.0964 e. The second-order valence-electron chi connectivity index (χ2n) is 4.96. The van der Waals surface area contributed by atoms with Gasteiger partial charge in [0.25, 0.3) is 0 Å². The first-order valence-corrected chi connectivity index (χ1v) is 7.45. The van der Waals surface area contributed by atoms with E-state index >= 15 is 0 Å². The zero-order valence-electron chi connectivity index (χ0n) is 11.8. The van der Waals surface area contributed by atoms with Crippen molar-refractivity contribution in [3.05, 3.63) is 58.6 Å². The average Bonchev–Trinajstić information content (AvgIpc) is 2.49. The van der Waals surface area contributed by atoms with Crippen LogP contribution in [0.25, 0.3) is 22.2 Å². The van der Waals surface area contributed by atoms with Gasteiger partial charge in [-0.25, -0.2) is 9.98 Å². The number of hydrogen-bond acceptors (Lipinski definition) is 2. The predicted molar refractivity (Wildman–Crippen MR) is 94.2 cm³/mol. The largest absolute Gasteiger partial charge is 0.387 e. The highest BCUT2D eigenvalue weighted by atomic mass is 35.5. The molecule has 0 aliphatic carbocycles. The van der Waals surface area contributed by atoms with Gasteiger partial charge in [0.1, 0.15) is 0 Å². The van der Waals surface area contributed by atoms with E-state index in [1.165, 1.54) is 0 Å². The topological polar surface area (TPSA) is 51.3 Å². The fourth-order valence-corrected chi connectivity index (χ4v) is 2.50. The number of hydrogen-bond donors (Lipinski definition) is 1. The highest BCUT2D eigenvalue weighted by Gasteiger charge is 2.05. The fraction of sp³-hybridized carbons (Fsp3) is 0.0588. The molecule has 3 aromatic rings. The molecule has 0 radical (unpaired) electrons. The monoisotopic (exact) mass is 329 g/mol. The molecule has 0 saturated heterocycles. The Labute approximate surface area is 138 Å². The number of nitrogens with zero attached hydrogens (tertiary/aromatic N) is 2. The van der Waals surface area contributed by atoms with E-state index < -0.39 is 0 Å². The summed E-state index contributed by atoms with van der Waals surface area (Å²) in [6, 6.07) is 15.2. The Morgan fingerprint density at radius 3 is 2.55 bits per heavy atom. The summed E-state index contributed by atoms with van der Waals surface area (Å²) in [5.41, 5.74) is 9.08. The van der Waals surface area contributed by atoms with Crippen LogP contribution in [-0.4, -0.2) is 10.8 Å². The van der Waals surface area contributed by atoms with E-state index in [-0.39, 0.29) is 0 Å². The van der Waals surface area contributed by atoms with Crippen molar-refractivity contribution in [3.63, 3.8) is 0 Å². The molecule has 0 atom stereocenters. The third-order valence-corrected chi connectivity index (χ3v) is 3.93. The Kier molecular flexibility index (Phi) is 4.01. The number of aliphatic imine (C=N–C) groups is 1. The number of aromatic nitrogens is 1. The quantitative estimate of drug-likeness (QED) is 0.517. The van der Waals surface area contributed by atoms with Crippen molar-refractivity contribution < 1.29 is 0 Å². The Balaban J connectivity index is 2.06. The smallest absolute Gasteiger partial charge is 0.0964 e. The highest BCUT2D eigenvalue weighted by molar-refractivity contribution is 6.42. The third-order valence-electron chi connectivity index (χ3n) is 3.19. The molecule has 2 aromatic carbocycles. The molecule has 110 valence electrons. The molecule has 2 N–H and O–H groups in total. The van der Waals surface area contributed by atoms with Crippen LogP contribution in [-0.2, 0) is 0 Å². The van der Waals surface area contributed by atoms with Crippen LogP contribution in [0.15, 0.2) is 53.5 Å². The van der Waals surface area contributed by atoms with Gasteiger partial charge < -0.3 is 5.73 Å². The van der Waals surface area contributed by atoms with Crippen molar-refractivity contribution in [2.45, 2.75) is 6.92 Å². The Morgan fingerprint density at radius 2 is 1.82 bits per heavy atom. The van der Waals surface area contributed by atoms with Gasteiger partial charge in [-0.05, 0) is 43.3 Å². The lowest BCUT2D eigenvalue weighted by molar-refractivity contribution is 1.39. The first-order chi connectivity index (χ1) is 10.5. The number of halogens is 2. The lowest BCUT2D eigenvalue weighted by Crippen LogP contribution is -2.03. The molecule has 0 bridgehead atoms. The Bertz CT molecular complexity index is 884. The van der Waals surface area contributed by atoms with Gasteiger partial charge in [-0.1, -0.05) is 35.3 Å². The van der Waals surface area contributed by atoms with E-state index in [1.54, 1.807) is 13.0 Å². The van der Waals surface area contributed by atoms with E-state index in [4.69, 9.17) is 28.9 Å². The Hall–Kier alpha value is -2.10. The molecule has 0 saturated carbocycles. The first kappa shape index (κ1) is 14.8. The molecule has 0 aliphatic rings. The molecule has 0 unspecified atom stereocenters. The summed E-state index contributed by atoms with van der Waals surface area (Å²) in [4.78, 5) is 8.90. The lowest BCUT2D eigenvalue weighted by atomic mass is 10.1. The van der Waals surface area contributed by atoms with Crippen LogP contribution in [0.3, 0.4) is 0 Å². The number of nitrogens with two attached hydrogens (primary N) is 1. The maximum atomic E-state index is 6.06. The van der Waals surface area contributed by atoms with Crippen LogP contribution in [0.1, 0.15) is 6.92 Å². The maximum absolute atomic E-state index is 6.06. The normalized spacial score (nSPS) is 11.9. The molecule has 0 aliphatic heterocycles. The minimum atomic E-state index is 0.518. The molecule has 0 spiro atoms. The number of amidine groups is 1. The third kappa shape index (κ3) is 3.06.